The molecule has 0 aliphatic rings. The third-order valence-corrected chi connectivity index (χ3v) is 5.29. The van der Waals surface area contributed by atoms with Crippen molar-refractivity contribution in [3.8, 4) is 5.75 Å². The van der Waals surface area contributed by atoms with Gasteiger partial charge in [0.25, 0.3) is 0 Å². The molecule has 0 saturated heterocycles. The average Bonchev–Trinajstić information content (AvgIpc) is 3.05. The number of rotatable bonds is 9. The van der Waals surface area contributed by atoms with E-state index in [4.69, 9.17) is 4.74 Å². The molecule has 9 nitrogen and oxygen atoms in total. The maximum absolute atomic E-state index is 12.4. The summed E-state index contributed by atoms with van der Waals surface area (Å²) in [4.78, 5) is 41.3. The molecule has 0 spiro atoms. The molecule has 9 heteroatoms. The van der Waals surface area contributed by atoms with Crippen molar-refractivity contribution in [2.75, 3.05) is 12.4 Å². The number of nitrogens with zero attached hydrogens (tertiary/aromatic N) is 3. The van der Waals surface area contributed by atoms with E-state index < -0.39 is 0 Å². The van der Waals surface area contributed by atoms with Gasteiger partial charge in [-0.1, -0.05) is 12.1 Å². The monoisotopic (exact) mass is 439 g/mol. The minimum atomic E-state index is -0.312. The number of carbonyl (C=O) groups excluding carboxylic acids is 2. The molecular weight excluding hydrogens is 410 g/mol. The normalized spacial score (nSPS) is 10.9. The summed E-state index contributed by atoms with van der Waals surface area (Å²) in [6.07, 6.45) is 0.0961. The van der Waals surface area contributed by atoms with E-state index in [0.717, 1.165) is 22.4 Å². The van der Waals surface area contributed by atoms with Crippen molar-refractivity contribution >= 4 is 28.8 Å². The van der Waals surface area contributed by atoms with Gasteiger partial charge in [0.05, 0.1) is 12.6 Å². The first kappa shape index (κ1) is 23.1. The summed E-state index contributed by atoms with van der Waals surface area (Å²) in [5.74, 6) is 0.627. The zero-order chi connectivity index (χ0) is 23.3. The molecule has 32 heavy (non-hydrogen) atoms. The van der Waals surface area contributed by atoms with Crippen LogP contribution in [-0.4, -0.2) is 33.0 Å². The smallest absolute Gasteiger partial charge is 0.330 e. The second-order valence-corrected chi connectivity index (χ2v) is 7.44. The number of hydrogen-bond acceptors (Lipinski definition) is 5. The van der Waals surface area contributed by atoms with Crippen LogP contribution in [0.2, 0.25) is 0 Å². The highest BCUT2D eigenvalue weighted by atomic mass is 16.5. The zero-order valence-corrected chi connectivity index (χ0v) is 18.9. The number of fused-ring (bicyclic) bond motifs is 1. The third-order valence-electron chi connectivity index (χ3n) is 5.29. The predicted molar refractivity (Wildman–Crippen MR) is 123 cm³/mol. The first-order chi connectivity index (χ1) is 15.4. The standard InChI is InChI=1S/C23H29N5O4/c1-5-27-17-8-10-19(26-22(17)28(6-2)23(27)31)25-21(30)12-11-20(29)24-14-16-7-9-18(32-4)15(3)13-16/h7-10,13H,5-6,11-12,14H2,1-4H3,(H,24,29)(H,25,26,30). The van der Waals surface area contributed by atoms with Crippen molar-refractivity contribution < 1.29 is 14.3 Å². The molecule has 0 fully saturated rings. The van der Waals surface area contributed by atoms with Gasteiger partial charge in [-0.05, 0) is 50.1 Å². The number of imidazole rings is 1. The highest BCUT2D eigenvalue weighted by Crippen LogP contribution is 2.18. The molecule has 0 unspecified atom stereocenters. The Hall–Kier alpha value is -3.62. The number of aromatic nitrogens is 3. The average molecular weight is 440 g/mol. The Bertz CT molecular complexity index is 1200. The molecule has 0 saturated carbocycles. The molecule has 0 aliphatic carbocycles. The lowest BCUT2D eigenvalue weighted by molar-refractivity contribution is -0.124. The SMILES string of the molecule is CCn1c(=O)n(CC)c2nc(NC(=O)CCC(=O)NCc3ccc(OC)c(C)c3)ccc21. The zero-order valence-electron chi connectivity index (χ0n) is 18.9. The first-order valence-electron chi connectivity index (χ1n) is 10.7. The fraction of sp³-hybridized carbons (Fsp3) is 0.391. The summed E-state index contributed by atoms with van der Waals surface area (Å²) in [5.41, 5.74) is 3.09. The van der Waals surface area contributed by atoms with E-state index in [1.54, 1.807) is 28.4 Å². The Labute approximate surface area is 186 Å². The third kappa shape index (κ3) is 4.99. The first-order valence-corrected chi connectivity index (χ1v) is 10.7. The van der Waals surface area contributed by atoms with Crippen LogP contribution in [0.3, 0.4) is 0 Å². The Balaban J connectivity index is 1.55. The minimum Gasteiger partial charge on any atom is -0.496 e. The number of amides is 2. The molecule has 3 aromatic rings. The van der Waals surface area contributed by atoms with Gasteiger partial charge in [-0.15, -0.1) is 0 Å². The van der Waals surface area contributed by atoms with Crippen LogP contribution in [0, 0.1) is 6.92 Å². The Morgan fingerprint density at radius 2 is 1.75 bits per heavy atom. The predicted octanol–water partition coefficient (Wildman–Crippen LogP) is 2.59. The number of carbonyl (C=O) groups is 2. The van der Waals surface area contributed by atoms with Crippen LogP contribution in [0.25, 0.3) is 11.2 Å². The van der Waals surface area contributed by atoms with E-state index in [1.165, 1.54) is 0 Å². The fourth-order valence-electron chi connectivity index (χ4n) is 3.62. The van der Waals surface area contributed by atoms with E-state index in [9.17, 15) is 14.4 Å². The molecule has 0 aliphatic heterocycles. The van der Waals surface area contributed by atoms with Crippen molar-refractivity contribution in [3.05, 3.63) is 51.9 Å². The highest BCUT2D eigenvalue weighted by molar-refractivity contribution is 5.93. The summed E-state index contributed by atoms with van der Waals surface area (Å²) in [6, 6.07) is 9.15. The summed E-state index contributed by atoms with van der Waals surface area (Å²) in [7, 11) is 1.62. The van der Waals surface area contributed by atoms with Gasteiger partial charge in [-0.2, -0.15) is 0 Å². The second-order valence-electron chi connectivity index (χ2n) is 7.44. The van der Waals surface area contributed by atoms with Crippen molar-refractivity contribution in [2.45, 2.75) is 53.2 Å². The van der Waals surface area contributed by atoms with E-state index in [0.29, 0.717) is 31.1 Å². The summed E-state index contributed by atoms with van der Waals surface area (Å²) in [6.45, 7) is 7.13. The minimum absolute atomic E-state index is 0.0315. The van der Waals surface area contributed by atoms with Gasteiger partial charge in [0.2, 0.25) is 11.8 Å². The van der Waals surface area contributed by atoms with E-state index in [2.05, 4.69) is 15.6 Å². The molecule has 1 aromatic carbocycles. The number of aryl methyl sites for hydroxylation is 3. The van der Waals surface area contributed by atoms with Gasteiger partial charge < -0.3 is 15.4 Å². The lowest BCUT2D eigenvalue weighted by Gasteiger charge is -2.09. The van der Waals surface area contributed by atoms with Crippen LogP contribution >= 0.6 is 0 Å². The van der Waals surface area contributed by atoms with Crippen molar-refractivity contribution in [3.63, 3.8) is 0 Å². The van der Waals surface area contributed by atoms with Crippen LogP contribution in [0.15, 0.2) is 35.1 Å². The molecule has 3 rings (SSSR count). The maximum Gasteiger partial charge on any atom is 0.330 e. The van der Waals surface area contributed by atoms with Crippen LogP contribution in [0.4, 0.5) is 5.82 Å². The molecule has 0 radical (unpaired) electrons. The summed E-state index contributed by atoms with van der Waals surface area (Å²) in [5, 5.41) is 5.53. The lowest BCUT2D eigenvalue weighted by Crippen LogP contribution is -2.24. The highest BCUT2D eigenvalue weighted by Gasteiger charge is 2.14. The van der Waals surface area contributed by atoms with Crippen LogP contribution in [-0.2, 0) is 29.2 Å². The quantitative estimate of drug-likeness (QED) is 0.533. The lowest BCUT2D eigenvalue weighted by atomic mass is 10.1. The van der Waals surface area contributed by atoms with Crippen LogP contribution in [0.5, 0.6) is 5.75 Å². The van der Waals surface area contributed by atoms with Gasteiger partial charge in [-0.3, -0.25) is 18.7 Å². The number of hydrogen-bond donors (Lipinski definition) is 2. The number of benzene rings is 1. The number of methoxy groups -OCH3 is 1. The van der Waals surface area contributed by atoms with Gasteiger partial charge >= 0.3 is 5.69 Å². The molecular formula is C23H29N5O4. The van der Waals surface area contributed by atoms with E-state index in [-0.39, 0.29) is 30.3 Å². The Morgan fingerprint density at radius 3 is 2.41 bits per heavy atom. The molecule has 0 atom stereocenters. The molecule has 170 valence electrons. The number of pyridine rings is 1. The van der Waals surface area contributed by atoms with E-state index >= 15 is 0 Å². The molecule has 2 N–H and O–H groups in total. The van der Waals surface area contributed by atoms with Gasteiger partial charge in [-0.25, -0.2) is 9.78 Å². The van der Waals surface area contributed by atoms with Crippen molar-refractivity contribution in [1.29, 1.82) is 0 Å². The van der Waals surface area contributed by atoms with Gasteiger partial charge in [0.1, 0.15) is 11.6 Å². The van der Waals surface area contributed by atoms with Crippen LogP contribution in [0.1, 0.15) is 37.8 Å². The topological polar surface area (TPSA) is 107 Å². The van der Waals surface area contributed by atoms with Gasteiger partial charge in [0, 0.05) is 32.5 Å². The molecule has 2 amide bonds. The second kappa shape index (κ2) is 10.1. The van der Waals surface area contributed by atoms with Crippen LogP contribution < -0.4 is 21.1 Å². The van der Waals surface area contributed by atoms with Gasteiger partial charge in [0.15, 0.2) is 5.65 Å². The molecule has 2 heterocycles. The number of ether oxygens (including phenoxy) is 1. The van der Waals surface area contributed by atoms with Crippen molar-refractivity contribution in [1.82, 2.24) is 19.4 Å². The Kier molecular flexibility index (Phi) is 7.29. The van der Waals surface area contributed by atoms with E-state index in [1.807, 2.05) is 39.0 Å². The summed E-state index contributed by atoms with van der Waals surface area (Å²) < 4.78 is 8.45. The number of anilines is 1. The number of nitrogens with one attached hydrogen (secondary N) is 2. The fourth-order valence-corrected chi connectivity index (χ4v) is 3.62. The molecule has 2 aromatic heterocycles. The summed E-state index contributed by atoms with van der Waals surface area (Å²) >= 11 is 0. The molecule has 0 bridgehead atoms. The maximum atomic E-state index is 12.4. The van der Waals surface area contributed by atoms with Crippen molar-refractivity contribution in [2.24, 2.45) is 0 Å². The Morgan fingerprint density at radius 1 is 1.03 bits per heavy atom. The largest absolute Gasteiger partial charge is 0.496 e.